The largest absolute Gasteiger partial charge is 0.478 e. The lowest BCUT2D eigenvalue weighted by molar-refractivity contribution is -0.386. The van der Waals surface area contributed by atoms with Crippen molar-refractivity contribution in [1.82, 2.24) is 0 Å². The van der Waals surface area contributed by atoms with Crippen LogP contribution in [0.4, 0.5) is 10.1 Å². The minimum atomic E-state index is -1.89. The molecule has 1 rings (SSSR count). The summed E-state index contributed by atoms with van der Waals surface area (Å²) in [5, 5.41) is 28.8. The fourth-order valence-electron chi connectivity index (χ4n) is 1.69. The van der Waals surface area contributed by atoms with E-state index in [1.807, 2.05) is 0 Å². The van der Waals surface area contributed by atoms with E-state index in [1.54, 1.807) is 0 Å². The van der Waals surface area contributed by atoms with E-state index in [-0.39, 0.29) is 24.1 Å². The number of alkyl halides is 1. The summed E-state index contributed by atoms with van der Waals surface area (Å²) in [7, 11) is 0. The molecule has 20 heavy (non-hydrogen) atoms. The zero-order valence-corrected chi connectivity index (χ0v) is 10.5. The number of hydrogen-bond acceptors (Lipinski definition) is 4. The van der Waals surface area contributed by atoms with Crippen LogP contribution in [-0.4, -0.2) is 27.2 Å². The molecule has 0 aliphatic heterocycles. The SMILES string of the molecule is O=C(O)/C=C\CCC(O)C(F)c1ccccc1[N+](=O)[O-]. The molecule has 0 aromatic heterocycles. The molecular formula is C13H14FNO5. The first-order valence-electron chi connectivity index (χ1n) is 5.88. The molecule has 0 amide bonds. The van der Waals surface area contributed by atoms with E-state index in [9.17, 15) is 24.4 Å². The molecule has 7 heteroatoms. The van der Waals surface area contributed by atoms with Gasteiger partial charge in [-0.3, -0.25) is 10.1 Å². The number of allylic oxidation sites excluding steroid dienone is 1. The lowest BCUT2D eigenvalue weighted by Crippen LogP contribution is -2.15. The fraction of sp³-hybridized carbons (Fsp3) is 0.308. The number of carboxylic acids is 1. The monoisotopic (exact) mass is 283 g/mol. The van der Waals surface area contributed by atoms with Crippen molar-refractivity contribution < 1.29 is 24.3 Å². The number of carbonyl (C=O) groups is 1. The third-order valence-corrected chi connectivity index (χ3v) is 2.66. The van der Waals surface area contributed by atoms with Crippen LogP contribution in [-0.2, 0) is 4.79 Å². The molecule has 1 aromatic rings. The van der Waals surface area contributed by atoms with Crippen LogP contribution in [0.25, 0.3) is 0 Å². The zero-order chi connectivity index (χ0) is 15.1. The van der Waals surface area contributed by atoms with E-state index >= 15 is 0 Å². The first-order valence-corrected chi connectivity index (χ1v) is 5.88. The van der Waals surface area contributed by atoms with Crippen molar-refractivity contribution >= 4 is 11.7 Å². The number of para-hydroxylation sites is 1. The molecule has 0 fully saturated rings. The van der Waals surface area contributed by atoms with E-state index < -0.39 is 23.2 Å². The van der Waals surface area contributed by atoms with Crippen molar-refractivity contribution in [3.63, 3.8) is 0 Å². The van der Waals surface area contributed by atoms with Gasteiger partial charge in [0.05, 0.1) is 16.6 Å². The molecule has 0 bridgehead atoms. The maximum atomic E-state index is 14.0. The van der Waals surface area contributed by atoms with E-state index in [1.165, 1.54) is 30.3 Å². The van der Waals surface area contributed by atoms with Gasteiger partial charge < -0.3 is 10.2 Å². The number of aliphatic hydroxyl groups excluding tert-OH is 1. The molecular weight excluding hydrogens is 269 g/mol. The maximum Gasteiger partial charge on any atom is 0.327 e. The number of nitrogens with zero attached hydrogens (tertiary/aromatic N) is 1. The molecule has 2 unspecified atom stereocenters. The highest BCUT2D eigenvalue weighted by molar-refractivity contribution is 5.79. The normalized spacial score (nSPS) is 14.1. The summed E-state index contributed by atoms with van der Waals surface area (Å²) in [6, 6.07) is 5.28. The molecule has 0 saturated carbocycles. The second-order valence-corrected chi connectivity index (χ2v) is 4.10. The Hall–Kier alpha value is -2.28. The Morgan fingerprint density at radius 2 is 2.10 bits per heavy atom. The van der Waals surface area contributed by atoms with Crippen molar-refractivity contribution in [3.8, 4) is 0 Å². The summed E-state index contributed by atoms with van der Waals surface area (Å²) in [6.45, 7) is 0. The Morgan fingerprint density at radius 1 is 1.45 bits per heavy atom. The Labute approximate surface area is 114 Å². The number of rotatable bonds is 7. The minimum absolute atomic E-state index is 0.0308. The molecule has 0 radical (unpaired) electrons. The fourth-order valence-corrected chi connectivity index (χ4v) is 1.69. The van der Waals surface area contributed by atoms with Gasteiger partial charge in [-0.2, -0.15) is 0 Å². The second kappa shape index (κ2) is 7.34. The van der Waals surface area contributed by atoms with Crippen LogP contribution in [0.5, 0.6) is 0 Å². The third kappa shape index (κ3) is 4.43. The van der Waals surface area contributed by atoms with Gasteiger partial charge in [0.1, 0.15) is 0 Å². The molecule has 6 nitrogen and oxygen atoms in total. The quantitative estimate of drug-likeness (QED) is 0.454. The van der Waals surface area contributed by atoms with E-state index in [0.29, 0.717) is 0 Å². The molecule has 0 aliphatic rings. The van der Waals surface area contributed by atoms with Crippen LogP contribution in [0.2, 0.25) is 0 Å². The van der Waals surface area contributed by atoms with Crippen molar-refractivity contribution in [2.24, 2.45) is 0 Å². The summed E-state index contributed by atoms with van der Waals surface area (Å²) in [5.74, 6) is -1.13. The van der Waals surface area contributed by atoms with Gasteiger partial charge in [-0.1, -0.05) is 18.2 Å². The number of nitro benzene ring substituents is 1. The van der Waals surface area contributed by atoms with Gasteiger partial charge in [-0.15, -0.1) is 0 Å². The number of nitro groups is 1. The number of hydrogen-bond donors (Lipinski definition) is 2. The van der Waals surface area contributed by atoms with Gasteiger partial charge >= 0.3 is 5.97 Å². The molecule has 2 N–H and O–H groups in total. The van der Waals surface area contributed by atoms with E-state index in [2.05, 4.69) is 0 Å². The Kier molecular flexibility index (Phi) is 5.79. The first kappa shape index (κ1) is 15.8. The summed E-state index contributed by atoms with van der Waals surface area (Å²) in [5.41, 5.74) is -0.577. The Bertz CT molecular complexity index is 517. The molecule has 108 valence electrons. The summed E-state index contributed by atoms with van der Waals surface area (Å²) in [4.78, 5) is 20.3. The van der Waals surface area contributed by atoms with Crippen molar-refractivity contribution in [3.05, 3.63) is 52.1 Å². The smallest absolute Gasteiger partial charge is 0.327 e. The van der Waals surface area contributed by atoms with E-state index in [4.69, 9.17) is 5.11 Å². The number of halogens is 1. The number of aliphatic hydroxyl groups is 1. The molecule has 0 saturated heterocycles. The van der Waals surface area contributed by atoms with Gasteiger partial charge in [-0.05, 0) is 18.9 Å². The molecule has 0 spiro atoms. The predicted octanol–water partition coefficient (Wildman–Crippen LogP) is 2.39. The van der Waals surface area contributed by atoms with Gasteiger partial charge in [0.15, 0.2) is 6.17 Å². The summed E-state index contributed by atoms with van der Waals surface area (Å²) in [6.07, 6.45) is -1.02. The van der Waals surface area contributed by atoms with Crippen molar-refractivity contribution in [1.29, 1.82) is 0 Å². The van der Waals surface area contributed by atoms with Gasteiger partial charge in [-0.25, -0.2) is 9.18 Å². The second-order valence-electron chi connectivity index (χ2n) is 4.10. The van der Waals surface area contributed by atoms with Gasteiger partial charge in [0.25, 0.3) is 5.69 Å². The Balaban J connectivity index is 2.72. The highest BCUT2D eigenvalue weighted by Crippen LogP contribution is 2.31. The Morgan fingerprint density at radius 3 is 2.70 bits per heavy atom. The predicted molar refractivity (Wildman–Crippen MR) is 69.0 cm³/mol. The summed E-state index contributed by atoms with van der Waals surface area (Å²) >= 11 is 0. The number of aliphatic carboxylic acids is 1. The van der Waals surface area contributed by atoms with Crippen LogP contribution in [0.15, 0.2) is 36.4 Å². The van der Waals surface area contributed by atoms with Crippen LogP contribution in [0, 0.1) is 10.1 Å². The molecule has 0 aliphatic carbocycles. The zero-order valence-electron chi connectivity index (χ0n) is 10.5. The number of benzene rings is 1. The van der Waals surface area contributed by atoms with Crippen LogP contribution >= 0.6 is 0 Å². The van der Waals surface area contributed by atoms with Crippen LogP contribution in [0.3, 0.4) is 0 Å². The standard InChI is InChI=1S/C13H14FNO5/c14-13(11(16)7-3-4-8-12(17)18)9-5-1-2-6-10(9)15(19)20/h1-2,4-6,8,11,13,16H,3,7H2,(H,17,18)/b8-4-. The summed E-state index contributed by atoms with van der Waals surface area (Å²) < 4.78 is 14.0. The minimum Gasteiger partial charge on any atom is -0.478 e. The topological polar surface area (TPSA) is 101 Å². The van der Waals surface area contributed by atoms with Gasteiger partial charge in [0, 0.05) is 12.1 Å². The van der Waals surface area contributed by atoms with Crippen molar-refractivity contribution in [2.45, 2.75) is 25.1 Å². The average molecular weight is 283 g/mol. The van der Waals surface area contributed by atoms with Crippen LogP contribution in [0.1, 0.15) is 24.6 Å². The number of carboxylic acid groups (broad SMARTS) is 1. The maximum absolute atomic E-state index is 14.0. The van der Waals surface area contributed by atoms with Crippen molar-refractivity contribution in [2.75, 3.05) is 0 Å². The average Bonchev–Trinajstić information content (AvgIpc) is 2.42. The molecule has 2 atom stereocenters. The van der Waals surface area contributed by atoms with Gasteiger partial charge in [0.2, 0.25) is 0 Å². The highest BCUT2D eigenvalue weighted by Gasteiger charge is 2.26. The first-order chi connectivity index (χ1) is 9.43. The highest BCUT2D eigenvalue weighted by atomic mass is 19.1. The lowest BCUT2D eigenvalue weighted by atomic mass is 10.0. The molecule has 0 heterocycles. The third-order valence-electron chi connectivity index (χ3n) is 2.66. The van der Waals surface area contributed by atoms with Crippen LogP contribution < -0.4 is 0 Å². The lowest BCUT2D eigenvalue weighted by Gasteiger charge is -2.15. The van der Waals surface area contributed by atoms with E-state index in [0.717, 1.165) is 6.08 Å². The molecule has 1 aromatic carbocycles.